The van der Waals surface area contributed by atoms with Crippen LogP contribution in [0.15, 0.2) is 0 Å². The first-order valence-electron chi connectivity index (χ1n) is 5.60. The van der Waals surface area contributed by atoms with Crippen LogP contribution in [-0.2, 0) is 4.79 Å². The number of amides is 1. The van der Waals surface area contributed by atoms with E-state index in [1.807, 2.05) is 0 Å². The normalized spacial score (nSPS) is 19.7. The van der Waals surface area contributed by atoms with E-state index in [-0.39, 0.29) is 37.5 Å². The lowest BCUT2D eigenvalue weighted by Gasteiger charge is -2.27. The topological polar surface area (TPSA) is 29.1 Å². The van der Waals surface area contributed by atoms with Crippen molar-refractivity contribution < 1.29 is 13.6 Å². The summed E-state index contributed by atoms with van der Waals surface area (Å²) in [6, 6.07) is 0. The average Bonchev–Trinajstić information content (AvgIpc) is 2.24. The van der Waals surface area contributed by atoms with Gasteiger partial charge in [0, 0.05) is 31.7 Å². The molecular formula is C12H17F2NO. The van der Waals surface area contributed by atoms with Crippen molar-refractivity contribution in [1.29, 1.82) is 0 Å². The van der Waals surface area contributed by atoms with Gasteiger partial charge in [0.2, 0.25) is 11.8 Å². The Kier molecular flexibility index (Phi) is 4.72. The van der Waals surface area contributed by atoms with E-state index < -0.39 is 5.92 Å². The van der Waals surface area contributed by atoms with E-state index in [1.165, 1.54) is 0 Å². The predicted molar refractivity (Wildman–Crippen MR) is 58.0 cm³/mol. The molecule has 1 saturated carbocycles. The van der Waals surface area contributed by atoms with Crippen LogP contribution in [0.3, 0.4) is 0 Å². The van der Waals surface area contributed by atoms with Gasteiger partial charge in [0.05, 0.1) is 0 Å². The molecule has 1 rings (SSSR count). The Morgan fingerprint density at radius 2 is 2.06 bits per heavy atom. The number of carbonyl (C=O) groups excluding carboxylic acids is 1. The van der Waals surface area contributed by atoms with Gasteiger partial charge in [-0.1, -0.05) is 0 Å². The molecule has 0 atom stereocenters. The van der Waals surface area contributed by atoms with E-state index in [9.17, 15) is 13.6 Å². The van der Waals surface area contributed by atoms with Crippen molar-refractivity contribution in [2.45, 2.75) is 45.0 Å². The number of hydrogen-bond acceptors (Lipinski definition) is 1. The van der Waals surface area contributed by atoms with E-state index >= 15 is 0 Å². The molecule has 1 N–H and O–H groups in total. The molecule has 0 aromatic heterocycles. The van der Waals surface area contributed by atoms with Crippen molar-refractivity contribution in [2.75, 3.05) is 6.54 Å². The fraction of sp³-hybridized carbons (Fsp3) is 0.750. The largest absolute Gasteiger partial charge is 0.355 e. The van der Waals surface area contributed by atoms with E-state index in [0.717, 1.165) is 0 Å². The smallest absolute Gasteiger partial charge is 0.248 e. The zero-order valence-corrected chi connectivity index (χ0v) is 9.48. The lowest BCUT2D eigenvalue weighted by atomic mass is 9.86. The van der Waals surface area contributed by atoms with Crippen molar-refractivity contribution in [3.05, 3.63) is 0 Å². The van der Waals surface area contributed by atoms with Crippen LogP contribution >= 0.6 is 0 Å². The highest BCUT2D eigenvalue weighted by Gasteiger charge is 2.37. The van der Waals surface area contributed by atoms with Crippen LogP contribution in [0.4, 0.5) is 8.78 Å². The van der Waals surface area contributed by atoms with Crippen LogP contribution in [0.2, 0.25) is 0 Å². The molecule has 0 spiro atoms. The van der Waals surface area contributed by atoms with Gasteiger partial charge in [-0.3, -0.25) is 4.79 Å². The molecule has 4 heteroatoms. The van der Waals surface area contributed by atoms with Crippen molar-refractivity contribution in [1.82, 2.24) is 5.32 Å². The first kappa shape index (κ1) is 13.0. The van der Waals surface area contributed by atoms with Gasteiger partial charge in [-0.05, 0) is 19.8 Å². The number of rotatable bonds is 3. The second-order valence-corrected chi connectivity index (χ2v) is 4.10. The van der Waals surface area contributed by atoms with Crippen LogP contribution in [0.5, 0.6) is 0 Å². The molecule has 0 saturated heterocycles. The maximum Gasteiger partial charge on any atom is 0.248 e. The van der Waals surface area contributed by atoms with E-state index in [1.54, 1.807) is 6.92 Å². The summed E-state index contributed by atoms with van der Waals surface area (Å²) >= 11 is 0. The van der Waals surface area contributed by atoms with Gasteiger partial charge in [0.1, 0.15) is 0 Å². The molecule has 0 bridgehead atoms. The van der Waals surface area contributed by atoms with Crippen molar-refractivity contribution in [3.63, 3.8) is 0 Å². The third-order valence-electron chi connectivity index (χ3n) is 2.81. The molecular weight excluding hydrogens is 212 g/mol. The lowest BCUT2D eigenvalue weighted by Crippen LogP contribution is -2.36. The molecule has 0 aliphatic heterocycles. The molecule has 1 aliphatic carbocycles. The summed E-state index contributed by atoms with van der Waals surface area (Å²) in [5.41, 5.74) is 0. The summed E-state index contributed by atoms with van der Waals surface area (Å²) in [5, 5.41) is 2.73. The van der Waals surface area contributed by atoms with Gasteiger partial charge >= 0.3 is 0 Å². The number of hydrogen-bond donors (Lipinski definition) is 1. The lowest BCUT2D eigenvalue weighted by molar-refractivity contribution is -0.129. The summed E-state index contributed by atoms with van der Waals surface area (Å²) in [4.78, 5) is 11.6. The molecule has 1 amide bonds. The number of carbonyl (C=O) groups is 1. The first-order chi connectivity index (χ1) is 7.55. The van der Waals surface area contributed by atoms with E-state index in [0.29, 0.717) is 13.0 Å². The standard InChI is InChI=1S/C12H17F2NO/c1-2-3-4-9-15-11(16)10-5-7-12(13,14)8-6-10/h10H,4-9H2,1H3,(H,15,16). The monoisotopic (exact) mass is 229 g/mol. The van der Waals surface area contributed by atoms with Crippen LogP contribution in [-0.4, -0.2) is 18.4 Å². The van der Waals surface area contributed by atoms with Crippen molar-refractivity contribution in [2.24, 2.45) is 5.92 Å². The summed E-state index contributed by atoms with van der Waals surface area (Å²) in [5.74, 6) is 2.66. The number of alkyl halides is 2. The van der Waals surface area contributed by atoms with E-state index in [2.05, 4.69) is 17.2 Å². The molecule has 0 heterocycles. The molecule has 0 aromatic carbocycles. The molecule has 0 radical (unpaired) electrons. The predicted octanol–water partition coefficient (Wildman–Crippen LogP) is 2.34. The minimum atomic E-state index is -2.57. The fourth-order valence-electron chi connectivity index (χ4n) is 1.82. The van der Waals surface area contributed by atoms with Crippen LogP contribution in [0.1, 0.15) is 39.0 Å². The molecule has 1 fully saturated rings. The maximum absolute atomic E-state index is 12.8. The van der Waals surface area contributed by atoms with Gasteiger partial charge in [-0.15, -0.1) is 11.8 Å². The Morgan fingerprint density at radius 3 is 2.62 bits per heavy atom. The highest BCUT2D eigenvalue weighted by Crippen LogP contribution is 2.36. The van der Waals surface area contributed by atoms with Crippen molar-refractivity contribution >= 4 is 5.91 Å². The minimum absolute atomic E-state index is 0.103. The highest BCUT2D eigenvalue weighted by molar-refractivity contribution is 5.78. The van der Waals surface area contributed by atoms with Crippen LogP contribution in [0.25, 0.3) is 0 Å². The molecule has 90 valence electrons. The third-order valence-corrected chi connectivity index (χ3v) is 2.81. The summed E-state index contributed by atoms with van der Waals surface area (Å²) in [6.07, 6.45) is 0.863. The SMILES string of the molecule is CC#CCCNC(=O)C1CCC(F)(F)CC1. The second-order valence-electron chi connectivity index (χ2n) is 4.10. The Morgan fingerprint density at radius 1 is 1.44 bits per heavy atom. The zero-order valence-electron chi connectivity index (χ0n) is 9.48. The quantitative estimate of drug-likeness (QED) is 0.584. The fourth-order valence-corrected chi connectivity index (χ4v) is 1.82. The summed E-state index contributed by atoms with van der Waals surface area (Å²) in [7, 11) is 0. The second kappa shape index (κ2) is 5.83. The van der Waals surface area contributed by atoms with Gasteiger partial charge in [-0.25, -0.2) is 8.78 Å². The van der Waals surface area contributed by atoms with Gasteiger partial charge in [-0.2, -0.15) is 0 Å². The number of halogens is 2. The maximum atomic E-state index is 12.8. The summed E-state index contributed by atoms with van der Waals surface area (Å²) in [6.45, 7) is 2.25. The molecule has 1 aliphatic rings. The Bertz CT molecular complexity index is 294. The highest BCUT2D eigenvalue weighted by atomic mass is 19.3. The average molecular weight is 229 g/mol. The van der Waals surface area contributed by atoms with E-state index in [4.69, 9.17) is 0 Å². The summed E-state index contributed by atoms with van der Waals surface area (Å²) < 4.78 is 25.7. The molecule has 0 aromatic rings. The zero-order chi connectivity index (χ0) is 12.0. The Labute approximate surface area is 94.8 Å². The Hall–Kier alpha value is -1.11. The van der Waals surface area contributed by atoms with Gasteiger partial charge < -0.3 is 5.32 Å². The van der Waals surface area contributed by atoms with Gasteiger partial charge in [0.25, 0.3) is 0 Å². The molecule has 0 unspecified atom stereocenters. The molecule has 16 heavy (non-hydrogen) atoms. The van der Waals surface area contributed by atoms with Crippen LogP contribution < -0.4 is 5.32 Å². The first-order valence-corrected chi connectivity index (χ1v) is 5.60. The van der Waals surface area contributed by atoms with Crippen LogP contribution in [0, 0.1) is 17.8 Å². The number of nitrogens with one attached hydrogen (secondary N) is 1. The third kappa shape index (κ3) is 4.18. The van der Waals surface area contributed by atoms with Crippen molar-refractivity contribution in [3.8, 4) is 11.8 Å². The molecule has 2 nitrogen and oxygen atoms in total. The minimum Gasteiger partial charge on any atom is -0.355 e. The Balaban J connectivity index is 2.24. The van der Waals surface area contributed by atoms with Gasteiger partial charge in [0.15, 0.2) is 0 Å².